The summed E-state index contributed by atoms with van der Waals surface area (Å²) >= 11 is 0. The van der Waals surface area contributed by atoms with Gasteiger partial charge in [-0.15, -0.1) is 0 Å². The van der Waals surface area contributed by atoms with Crippen molar-refractivity contribution >= 4 is 5.69 Å². The monoisotopic (exact) mass is 252 g/mol. The first-order valence-electron chi connectivity index (χ1n) is 6.84. The van der Waals surface area contributed by atoms with Crippen molar-refractivity contribution in [2.24, 2.45) is 0 Å². The summed E-state index contributed by atoms with van der Waals surface area (Å²) in [5.74, 6) is -0.169. The SMILES string of the molecule is CCC(CNC(C)C)N(CC)c1cccc(F)c1. The molecule has 2 nitrogen and oxygen atoms in total. The third kappa shape index (κ3) is 4.30. The fourth-order valence-electron chi connectivity index (χ4n) is 2.15. The Morgan fingerprint density at radius 2 is 2.00 bits per heavy atom. The van der Waals surface area contributed by atoms with E-state index in [1.807, 2.05) is 6.07 Å². The van der Waals surface area contributed by atoms with E-state index in [0.29, 0.717) is 12.1 Å². The van der Waals surface area contributed by atoms with Crippen LogP contribution < -0.4 is 10.2 Å². The number of rotatable bonds is 7. The lowest BCUT2D eigenvalue weighted by Gasteiger charge is -2.33. The number of anilines is 1. The molecule has 0 aromatic heterocycles. The Labute approximate surface area is 110 Å². The second kappa shape index (κ2) is 7.37. The van der Waals surface area contributed by atoms with Crippen LogP contribution in [0.1, 0.15) is 34.1 Å². The molecule has 0 heterocycles. The fraction of sp³-hybridized carbons (Fsp3) is 0.600. The summed E-state index contributed by atoms with van der Waals surface area (Å²) in [6.07, 6.45) is 1.05. The summed E-state index contributed by atoms with van der Waals surface area (Å²) in [4.78, 5) is 2.26. The van der Waals surface area contributed by atoms with Crippen LogP contribution in [0.2, 0.25) is 0 Å². The highest BCUT2D eigenvalue weighted by Crippen LogP contribution is 2.19. The standard InChI is InChI=1S/C15H25FN2/c1-5-14(11-17-12(3)4)18(6-2)15-9-7-8-13(16)10-15/h7-10,12,14,17H,5-6,11H2,1-4H3. The van der Waals surface area contributed by atoms with Gasteiger partial charge in [-0.3, -0.25) is 0 Å². The van der Waals surface area contributed by atoms with E-state index in [1.165, 1.54) is 6.07 Å². The van der Waals surface area contributed by atoms with Crippen molar-refractivity contribution in [3.8, 4) is 0 Å². The maximum Gasteiger partial charge on any atom is 0.125 e. The van der Waals surface area contributed by atoms with Gasteiger partial charge in [0.05, 0.1) is 0 Å². The highest BCUT2D eigenvalue weighted by molar-refractivity contribution is 5.47. The van der Waals surface area contributed by atoms with E-state index in [4.69, 9.17) is 0 Å². The van der Waals surface area contributed by atoms with Gasteiger partial charge in [-0.2, -0.15) is 0 Å². The zero-order valence-corrected chi connectivity index (χ0v) is 11.9. The van der Waals surface area contributed by atoms with Crippen molar-refractivity contribution < 1.29 is 4.39 Å². The molecule has 1 N–H and O–H groups in total. The Morgan fingerprint density at radius 1 is 1.28 bits per heavy atom. The molecule has 1 rings (SSSR count). The number of benzene rings is 1. The highest BCUT2D eigenvalue weighted by atomic mass is 19.1. The molecule has 1 aromatic carbocycles. The van der Waals surface area contributed by atoms with Crippen molar-refractivity contribution in [3.63, 3.8) is 0 Å². The number of likely N-dealkylation sites (N-methyl/N-ethyl adjacent to an activating group) is 1. The average molecular weight is 252 g/mol. The molecule has 0 amide bonds. The second-order valence-electron chi connectivity index (χ2n) is 4.89. The molecule has 0 aliphatic carbocycles. The molecule has 0 saturated heterocycles. The van der Waals surface area contributed by atoms with Gasteiger partial charge in [-0.1, -0.05) is 26.8 Å². The number of hydrogen-bond acceptors (Lipinski definition) is 2. The summed E-state index contributed by atoms with van der Waals surface area (Å²) in [5, 5.41) is 3.46. The minimum atomic E-state index is -0.169. The van der Waals surface area contributed by atoms with E-state index in [0.717, 1.165) is 25.2 Å². The number of nitrogens with zero attached hydrogens (tertiary/aromatic N) is 1. The van der Waals surface area contributed by atoms with E-state index in [-0.39, 0.29) is 5.82 Å². The average Bonchev–Trinajstić information content (AvgIpc) is 2.34. The van der Waals surface area contributed by atoms with Crippen LogP contribution in [0.4, 0.5) is 10.1 Å². The third-order valence-electron chi connectivity index (χ3n) is 3.15. The Balaban J connectivity index is 2.79. The van der Waals surface area contributed by atoms with Gasteiger partial charge in [-0.05, 0) is 31.5 Å². The molecule has 1 atom stereocenters. The predicted molar refractivity (Wildman–Crippen MR) is 76.6 cm³/mol. The Hall–Kier alpha value is -1.09. The number of halogens is 1. The van der Waals surface area contributed by atoms with Crippen LogP contribution in [-0.2, 0) is 0 Å². The van der Waals surface area contributed by atoms with Crippen LogP contribution in [0, 0.1) is 5.82 Å². The predicted octanol–water partition coefficient (Wildman–Crippen LogP) is 3.43. The Bertz CT molecular complexity index is 352. The molecule has 0 saturated carbocycles. The van der Waals surface area contributed by atoms with Crippen LogP contribution in [0.25, 0.3) is 0 Å². The molecule has 0 bridgehead atoms. The summed E-state index contributed by atoms with van der Waals surface area (Å²) in [6, 6.07) is 7.73. The largest absolute Gasteiger partial charge is 0.367 e. The third-order valence-corrected chi connectivity index (χ3v) is 3.15. The van der Waals surface area contributed by atoms with Crippen molar-refractivity contribution in [2.75, 3.05) is 18.0 Å². The molecular formula is C15H25FN2. The first kappa shape index (κ1) is 15.0. The van der Waals surface area contributed by atoms with Crippen LogP contribution in [0.5, 0.6) is 0 Å². The molecule has 1 unspecified atom stereocenters. The van der Waals surface area contributed by atoms with Gasteiger partial charge >= 0.3 is 0 Å². The van der Waals surface area contributed by atoms with Gasteiger partial charge in [0.25, 0.3) is 0 Å². The molecule has 1 aromatic rings. The zero-order chi connectivity index (χ0) is 13.5. The summed E-state index contributed by atoms with van der Waals surface area (Å²) in [5.41, 5.74) is 0.968. The van der Waals surface area contributed by atoms with Gasteiger partial charge in [0.1, 0.15) is 5.82 Å². The van der Waals surface area contributed by atoms with E-state index in [2.05, 4.69) is 37.9 Å². The first-order chi connectivity index (χ1) is 8.58. The van der Waals surface area contributed by atoms with Crippen LogP contribution in [0.3, 0.4) is 0 Å². The van der Waals surface area contributed by atoms with Crippen LogP contribution >= 0.6 is 0 Å². The molecule has 0 radical (unpaired) electrons. The molecule has 0 fully saturated rings. The quantitative estimate of drug-likeness (QED) is 0.800. The van der Waals surface area contributed by atoms with Gasteiger partial charge in [0, 0.05) is 30.9 Å². The normalized spacial score (nSPS) is 12.8. The lowest BCUT2D eigenvalue weighted by Crippen LogP contribution is -2.43. The maximum atomic E-state index is 13.3. The minimum Gasteiger partial charge on any atom is -0.367 e. The van der Waals surface area contributed by atoms with Gasteiger partial charge < -0.3 is 10.2 Å². The lowest BCUT2D eigenvalue weighted by atomic mass is 10.1. The topological polar surface area (TPSA) is 15.3 Å². The van der Waals surface area contributed by atoms with E-state index in [1.54, 1.807) is 12.1 Å². The highest BCUT2D eigenvalue weighted by Gasteiger charge is 2.16. The molecule has 18 heavy (non-hydrogen) atoms. The molecule has 3 heteroatoms. The molecule has 0 aliphatic rings. The molecular weight excluding hydrogens is 227 g/mol. The van der Waals surface area contributed by atoms with Crippen molar-refractivity contribution in [2.45, 2.75) is 46.2 Å². The van der Waals surface area contributed by atoms with E-state index < -0.39 is 0 Å². The van der Waals surface area contributed by atoms with Gasteiger partial charge in [0.2, 0.25) is 0 Å². The van der Waals surface area contributed by atoms with Crippen LogP contribution in [0.15, 0.2) is 24.3 Å². The van der Waals surface area contributed by atoms with Crippen molar-refractivity contribution in [1.29, 1.82) is 0 Å². The number of nitrogens with one attached hydrogen (secondary N) is 1. The Kier molecular flexibility index (Phi) is 6.13. The molecule has 0 aliphatic heterocycles. The smallest absolute Gasteiger partial charge is 0.125 e. The summed E-state index contributed by atoms with van der Waals surface area (Å²) in [6.45, 7) is 10.4. The first-order valence-corrected chi connectivity index (χ1v) is 6.84. The lowest BCUT2D eigenvalue weighted by molar-refractivity contribution is 0.490. The molecule has 102 valence electrons. The van der Waals surface area contributed by atoms with E-state index in [9.17, 15) is 4.39 Å². The Morgan fingerprint density at radius 3 is 2.50 bits per heavy atom. The summed E-state index contributed by atoms with van der Waals surface area (Å²) in [7, 11) is 0. The second-order valence-corrected chi connectivity index (χ2v) is 4.89. The maximum absolute atomic E-state index is 13.3. The number of hydrogen-bond donors (Lipinski definition) is 1. The summed E-state index contributed by atoms with van der Waals surface area (Å²) < 4.78 is 13.3. The molecule has 0 spiro atoms. The minimum absolute atomic E-state index is 0.169. The van der Waals surface area contributed by atoms with Crippen molar-refractivity contribution in [1.82, 2.24) is 5.32 Å². The zero-order valence-electron chi connectivity index (χ0n) is 11.9. The van der Waals surface area contributed by atoms with Gasteiger partial charge in [0.15, 0.2) is 0 Å². The van der Waals surface area contributed by atoms with Crippen LogP contribution in [-0.4, -0.2) is 25.2 Å². The van der Waals surface area contributed by atoms with E-state index >= 15 is 0 Å². The fourth-order valence-corrected chi connectivity index (χ4v) is 2.15. The van der Waals surface area contributed by atoms with Crippen molar-refractivity contribution in [3.05, 3.63) is 30.1 Å². The van der Waals surface area contributed by atoms with Gasteiger partial charge in [-0.25, -0.2) is 4.39 Å².